The second-order valence-corrected chi connectivity index (χ2v) is 5.84. The van der Waals surface area contributed by atoms with Crippen LogP contribution in [0.15, 0.2) is 29.1 Å². The van der Waals surface area contributed by atoms with Gasteiger partial charge in [0.25, 0.3) is 0 Å². The number of hydrogen-bond acceptors (Lipinski definition) is 6. The molecule has 0 fully saturated rings. The van der Waals surface area contributed by atoms with Crippen LogP contribution in [-0.4, -0.2) is 23.4 Å². The zero-order valence-corrected chi connectivity index (χ0v) is 12.0. The molecule has 23 heavy (non-hydrogen) atoms. The number of benzene rings is 1. The summed E-state index contributed by atoms with van der Waals surface area (Å²) in [5, 5.41) is 10.7. The fourth-order valence-corrected chi connectivity index (χ4v) is 2.34. The lowest BCUT2D eigenvalue weighted by atomic mass is 10.2. The zero-order chi connectivity index (χ0) is 17.6. The number of halogens is 3. The molecule has 8 nitrogen and oxygen atoms in total. The number of aryl methyl sites for hydroxylation is 1. The van der Waals surface area contributed by atoms with E-state index in [0.29, 0.717) is 0 Å². The highest BCUT2D eigenvalue weighted by molar-refractivity contribution is 7.88. The molecule has 0 atom stereocenters. The number of alkyl halides is 3. The highest BCUT2D eigenvalue weighted by Crippen LogP contribution is 2.36. The average molecular weight is 352 g/mol. The van der Waals surface area contributed by atoms with E-state index in [1.165, 1.54) is 18.2 Å². The Morgan fingerprint density at radius 1 is 1.26 bits per heavy atom. The normalized spacial score (nSPS) is 12.3. The number of aromatic nitrogens is 1. The lowest BCUT2D eigenvalue weighted by Crippen LogP contribution is -2.30. The third-order valence-corrected chi connectivity index (χ3v) is 3.84. The van der Waals surface area contributed by atoms with Gasteiger partial charge in [-0.2, -0.15) is 21.6 Å². The Labute approximate surface area is 126 Å². The second-order valence-electron chi connectivity index (χ2n) is 4.30. The van der Waals surface area contributed by atoms with Gasteiger partial charge in [0.2, 0.25) is 5.75 Å². The minimum Gasteiger partial charge on any atom is -0.368 e. The first-order valence-electron chi connectivity index (χ1n) is 5.74. The van der Waals surface area contributed by atoms with E-state index in [0.717, 1.165) is 17.7 Å². The monoisotopic (exact) mass is 352 g/mol. The van der Waals surface area contributed by atoms with Crippen LogP contribution >= 0.6 is 0 Å². The molecule has 0 amide bonds. The van der Waals surface area contributed by atoms with Crippen molar-refractivity contribution >= 4 is 26.7 Å². The summed E-state index contributed by atoms with van der Waals surface area (Å²) in [6.07, 6.45) is 0. The molecular weight excluding hydrogens is 345 g/mol. The van der Waals surface area contributed by atoms with Gasteiger partial charge >= 0.3 is 26.9 Å². The van der Waals surface area contributed by atoms with Gasteiger partial charge < -0.3 is 8.75 Å². The van der Waals surface area contributed by atoms with Gasteiger partial charge in [-0.3, -0.25) is 14.9 Å². The molecule has 0 radical (unpaired) electrons. The second kappa shape index (κ2) is 5.22. The van der Waals surface area contributed by atoms with E-state index >= 15 is 0 Å². The molecule has 12 heteroatoms. The first-order valence-corrected chi connectivity index (χ1v) is 7.15. The number of rotatable bonds is 3. The lowest BCUT2D eigenvalue weighted by molar-refractivity contribution is -0.387. The van der Waals surface area contributed by atoms with Crippen LogP contribution in [0, 0.1) is 10.1 Å². The van der Waals surface area contributed by atoms with Crippen LogP contribution in [0.2, 0.25) is 0 Å². The number of pyridine rings is 1. The van der Waals surface area contributed by atoms with Crippen LogP contribution in [0.5, 0.6) is 5.75 Å². The maximum Gasteiger partial charge on any atom is 0.534 e. The summed E-state index contributed by atoms with van der Waals surface area (Å²) < 4.78 is 64.4. The first kappa shape index (κ1) is 16.7. The number of hydrogen-bond donors (Lipinski definition) is 0. The molecule has 1 heterocycles. The molecule has 0 bridgehead atoms. The summed E-state index contributed by atoms with van der Waals surface area (Å²) in [6.45, 7) is 0. The van der Waals surface area contributed by atoms with Gasteiger partial charge in [-0.1, -0.05) is 12.1 Å². The van der Waals surface area contributed by atoms with Crippen molar-refractivity contribution < 1.29 is 30.7 Å². The highest BCUT2D eigenvalue weighted by atomic mass is 32.2. The van der Waals surface area contributed by atoms with E-state index in [9.17, 15) is 36.5 Å². The Morgan fingerprint density at radius 3 is 2.35 bits per heavy atom. The van der Waals surface area contributed by atoms with Crippen molar-refractivity contribution in [3.63, 3.8) is 0 Å². The van der Waals surface area contributed by atoms with Gasteiger partial charge in [0.1, 0.15) is 0 Å². The van der Waals surface area contributed by atoms with E-state index in [2.05, 4.69) is 4.18 Å². The molecule has 0 saturated heterocycles. The van der Waals surface area contributed by atoms with Gasteiger partial charge in [0.15, 0.2) is 0 Å². The predicted octanol–water partition coefficient (Wildman–Crippen LogP) is 1.68. The first-order chi connectivity index (χ1) is 10.5. The number of para-hydroxylation sites is 1. The predicted molar refractivity (Wildman–Crippen MR) is 71.4 cm³/mol. The summed E-state index contributed by atoms with van der Waals surface area (Å²) in [5.74, 6) is -1.27. The van der Waals surface area contributed by atoms with Gasteiger partial charge in [0, 0.05) is 12.4 Å². The van der Waals surface area contributed by atoms with Crippen molar-refractivity contribution in [2.75, 3.05) is 0 Å². The van der Waals surface area contributed by atoms with Gasteiger partial charge in [-0.05, 0) is 12.1 Å². The van der Waals surface area contributed by atoms with Crippen LogP contribution < -0.4 is 9.74 Å². The van der Waals surface area contributed by atoms with Crippen LogP contribution in [0.1, 0.15) is 0 Å². The Balaban J connectivity index is 2.92. The largest absolute Gasteiger partial charge is 0.534 e. The van der Waals surface area contributed by atoms with Gasteiger partial charge in [-0.15, -0.1) is 0 Å². The highest BCUT2D eigenvalue weighted by Gasteiger charge is 2.50. The minimum absolute atomic E-state index is 0.0320. The maximum absolute atomic E-state index is 12.5. The molecule has 0 spiro atoms. The number of fused-ring (bicyclic) bond motifs is 1. The molecule has 0 aliphatic heterocycles. The van der Waals surface area contributed by atoms with Crippen molar-refractivity contribution in [1.29, 1.82) is 0 Å². The van der Waals surface area contributed by atoms with Crippen molar-refractivity contribution in [3.05, 3.63) is 44.7 Å². The van der Waals surface area contributed by atoms with E-state index in [1.54, 1.807) is 0 Å². The fraction of sp³-hybridized carbons (Fsp3) is 0.182. The molecular formula is C11H7F3N2O6S. The Hall–Kier alpha value is -2.63. The summed E-state index contributed by atoms with van der Waals surface area (Å²) in [6, 6.07) is 5.08. The molecule has 0 N–H and O–H groups in total. The Bertz CT molecular complexity index is 964. The minimum atomic E-state index is -6.18. The van der Waals surface area contributed by atoms with Gasteiger partial charge in [-0.25, -0.2) is 0 Å². The zero-order valence-electron chi connectivity index (χ0n) is 11.2. The van der Waals surface area contributed by atoms with E-state index in [4.69, 9.17) is 0 Å². The van der Waals surface area contributed by atoms with Crippen molar-refractivity contribution in [1.82, 2.24) is 4.57 Å². The van der Waals surface area contributed by atoms with Crippen LogP contribution in [-0.2, 0) is 17.2 Å². The third kappa shape index (κ3) is 2.72. The molecule has 2 rings (SSSR count). The molecule has 0 aliphatic carbocycles. The topological polar surface area (TPSA) is 109 Å². The summed E-state index contributed by atoms with van der Waals surface area (Å²) in [7, 11) is -5.03. The quantitative estimate of drug-likeness (QED) is 0.360. The van der Waals surface area contributed by atoms with Crippen molar-refractivity contribution in [3.8, 4) is 5.75 Å². The van der Waals surface area contributed by atoms with E-state index < -0.39 is 37.5 Å². The maximum atomic E-state index is 12.5. The third-order valence-electron chi connectivity index (χ3n) is 2.89. The standard InChI is InChI=1S/C11H7F3N2O6S/c1-15-7-5-3-2-4-6(7)9(8(10(15)17)16(18)19)22-23(20,21)11(12,13)14/h2-5H,1H3. The molecule has 0 saturated carbocycles. The molecule has 2 aromatic rings. The fourth-order valence-electron chi connectivity index (χ4n) is 1.85. The van der Waals surface area contributed by atoms with Crippen molar-refractivity contribution in [2.24, 2.45) is 7.05 Å². The van der Waals surface area contributed by atoms with Crippen LogP contribution in [0.25, 0.3) is 10.9 Å². The lowest BCUT2D eigenvalue weighted by Gasteiger charge is -2.13. The smallest absolute Gasteiger partial charge is 0.368 e. The van der Waals surface area contributed by atoms with Crippen LogP contribution in [0.3, 0.4) is 0 Å². The number of nitrogens with zero attached hydrogens (tertiary/aromatic N) is 2. The summed E-state index contributed by atoms with van der Waals surface area (Å²) in [5.41, 5.74) is -8.54. The molecule has 0 unspecified atom stereocenters. The molecule has 0 aliphatic rings. The molecule has 1 aromatic carbocycles. The van der Waals surface area contributed by atoms with Gasteiger partial charge in [0.05, 0.1) is 10.4 Å². The average Bonchev–Trinajstić information content (AvgIpc) is 2.42. The van der Waals surface area contributed by atoms with E-state index in [-0.39, 0.29) is 10.9 Å². The Kier molecular flexibility index (Phi) is 3.80. The van der Waals surface area contributed by atoms with Crippen LogP contribution in [0.4, 0.5) is 18.9 Å². The Morgan fingerprint density at radius 2 is 1.83 bits per heavy atom. The van der Waals surface area contributed by atoms with Crippen molar-refractivity contribution in [2.45, 2.75) is 5.51 Å². The SMILES string of the molecule is Cn1c(=O)c([N+](=O)[O-])c(OS(=O)(=O)C(F)(F)F)c2ccccc21. The summed E-state index contributed by atoms with van der Waals surface area (Å²) in [4.78, 5) is 21.7. The molecule has 124 valence electrons. The number of nitro groups is 1. The van der Waals surface area contributed by atoms with E-state index in [1.807, 2.05) is 0 Å². The summed E-state index contributed by atoms with van der Waals surface area (Å²) >= 11 is 0. The molecule has 1 aromatic heterocycles.